The second-order valence-electron chi connectivity index (χ2n) is 4.94. The maximum Gasteiger partial charge on any atom is 0.123 e. The lowest BCUT2D eigenvalue weighted by molar-refractivity contribution is 0.259. The van der Waals surface area contributed by atoms with Gasteiger partial charge in [0.25, 0.3) is 0 Å². The maximum absolute atomic E-state index is 5.85. The Morgan fingerprint density at radius 2 is 2.06 bits per heavy atom. The van der Waals surface area contributed by atoms with Crippen LogP contribution in [0.4, 0.5) is 0 Å². The number of aryl methyl sites for hydroxylation is 1. The van der Waals surface area contributed by atoms with Gasteiger partial charge in [0.1, 0.15) is 12.4 Å². The zero-order valence-corrected chi connectivity index (χ0v) is 12.1. The molecule has 0 saturated heterocycles. The van der Waals surface area contributed by atoms with Gasteiger partial charge >= 0.3 is 0 Å². The third-order valence-corrected chi connectivity index (χ3v) is 2.75. The Morgan fingerprint density at radius 1 is 1.28 bits per heavy atom. The average Bonchev–Trinajstić information content (AvgIpc) is 2.32. The third kappa shape index (κ3) is 5.52. The van der Waals surface area contributed by atoms with E-state index in [2.05, 4.69) is 56.4 Å². The van der Waals surface area contributed by atoms with Gasteiger partial charge in [-0.15, -0.1) is 0 Å². The van der Waals surface area contributed by atoms with Gasteiger partial charge in [0, 0.05) is 18.7 Å². The molecule has 1 aromatic carbocycles. The summed E-state index contributed by atoms with van der Waals surface area (Å²) in [6.45, 7) is 7.90. The second kappa shape index (κ2) is 8.11. The number of nitrogens with zero attached hydrogens (tertiary/aromatic N) is 1. The fourth-order valence-electron chi connectivity index (χ4n) is 1.73. The molecule has 3 nitrogen and oxygen atoms in total. The molecule has 0 unspecified atom stereocenters. The highest BCUT2D eigenvalue weighted by molar-refractivity contribution is 5.36. The highest BCUT2D eigenvalue weighted by Gasteiger charge is 2.04. The number of hydrogen-bond donors (Lipinski definition) is 1. The van der Waals surface area contributed by atoms with Crippen molar-refractivity contribution in [1.82, 2.24) is 10.2 Å². The number of rotatable bonds is 8. The summed E-state index contributed by atoms with van der Waals surface area (Å²) in [4.78, 5) is 2.13. The van der Waals surface area contributed by atoms with Gasteiger partial charge in [-0.1, -0.05) is 24.6 Å². The first-order chi connectivity index (χ1) is 8.63. The van der Waals surface area contributed by atoms with E-state index in [0.717, 1.165) is 38.4 Å². The molecule has 0 bridgehead atoms. The highest BCUT2D eigenvalue weighted by atomic mass is 16.5. The van der Waals surface area contributed by atoms with E-state index in [9.17, 15) is 0 Å². The molecule has 0 fully saturated rings. The Bertz CT molecular complexity index is 350. The van der Waals surface area contributed by atoms with Crippen molar-refractivity contribution in [3.05, 3.63) is 29.3 Å². The van der Waals surface area contributed by atoms with E-state index in [1.165, 1.54) is 11.1 Å². The first-order valence-electron chi connectivity index (χ1n) is 6.71. The molecule has 1 aromatic rings. The summed E-state index contributed by atoms with van der Waals surface area (Å²) < 4.78 is 5.85. The fourth-order valence-corrected chi connectivity index (χ4v) is 1.73. The molecule has 0 spiro atoms. The van der Waals surface area contributed by atoms with E-state index in [-0.39, 0.29) is 0 Å². The molecule has 102 valence electrons. The minimum atomic E-state index is 0.733. The largest absolute Gasteiger partial charge is 0.492 e. The summed E-state index contributed by atoms with van der Waals surface area (Å²) >= 11 is 0. The van der Waals surface area contributed by atoms with Crippen LogP contribution in [0.25, 0.3) is 0 Å². The molecule has 0 aliphatic carbocycles. The predicted octanol–water partition coefficient (Wildman–Crippen LogP) is 2.44. The van der Waals surface area contributed by atoms with Crippen LogP contribution in [-0.2, 0) is 6.54 Å². The molecule has 18 heavy (non-hydrogen) atoms. The number of likely N-dealkylation sites (N-methyl/N-ethyl adjacent to an activating group) is 1. The summed E-state index contributed by atoms with van der Waals surface area (Å²) in [5.41, 5.74) is 2.53. The van der Waals surface area contributed by atoms with Crippen LogP contribution in [0.3, 0.4) is 0 Å². The van der Waals surface area contributed by atoms with Gasteiger partial charge in [0.2, 0.25) is 0 Å². The molecule has 1 N–H and O–H groups in total. The zero-order valence-electron chi connectivity index (χ0n) is 12.1. The Hall–Kier alpha value is -1.06. The minimum Gasteiger partial charge on any atom is -0.492 e. The Balaban J connectivity index is 2.58. The molecule has 1 rings (SSSR count). The molecular weight excluding hydrogens is 224 g/mol. The van der Waals surface area contributed by atoms with Crippen molar-refractivity contribution in [3.63, 3.8) is 0 Å². The van der Waals surface area contributed by atoms with Gasteiger partial charge in [0.15, 0.2) is 0 Å². The number of nitrogens with one attached hydrogen (secondary N) is 1. The number of benzene rings is 1. The van der Waals surface area contributed by atoms with Gasteiger partial charge in [-0.2, -0.15) is 0 Å². The van der Waals surface area contributed by atoms with Crippen molar-refractivity contribution in [2.45, 2.75) is 26.8 Å². The molecule has 0 aliphatic heterocycles. The summed E-state index contributed by atoms with van der Waals surface area (Å²) in [6, 6.07) is 6.38. The lowest BCUT2D eigenvalue weighted by Gasteiger charge is -2.15. The lowest BCUT2D eigenvalue weighted by Crippen LogP contribution is -2.20. The molecule has 0 heterocycles. The van der Waals surface area contributed by atoms with Crippen LogP contribution in [0.5, 0.6) is 5.75 Å². The van der Waals surface area contributed by atoms with Crippen LogP contribution in [0, 0.1) is 6.92 Å². The molecule has 0 aromatic heterocycles. The first kappa shape index (κ1) is 15.0. The van der Waals surface area contributed by atoms with E-state index < -0.39 is 0 Å². The van der Waals surface area contributed by atoms with Crippen molar-refractivity contribution in [2.75, 3.05) is 33.8 Å². The first-order valence-corrected chi connectivity index (χ1v) is 6.71. The molecule has 0 amide bonds. The molecule has 0 saturated carbocycles. The quantitative estimate of drug-likeness (QED) is 0.717. The Kier molecular flexibility index (Phi) is 6.76. The van der Waals surface area contributed by atoms with Crippen LogP contribution in [0.1, 0.15) is 24.5 Å². The van der Waals surface area contributed by atoms with Crippen LogP contribution >= 0.6 is 0 Å². The fraction of sp³-hybridized carbons (Fsp3) is 0.600. The van der Waals surface area contributed by atoms with Gasteiger partial charge in [-0.3, -0.25) is 0 Å². The van der Waals surface area contributed by atoms with Crippen molar-refractivity contribution in [1.29, 1.82) is 0 Å². The second-order valence-corrected chi connectivity index (χ2v) is 4.94. The predicted molar refractivity (Wildman–Crippen MR) is 77.2 cm³/mol. The molecular formula is C15H26N2O. The Morgan fingerprint density at radius 3 is 2.72 bits per heavy atom. The molecule has 3 heteroatoms. The monoisotopic (exact) mass is 250 g/mol. The van der Waals surface area contributed by atoms with E-state index in [0.29, 0.717) is 0 Å². The van der Waals surface area contributed by atoms with Gasteiger partial charge in [-0.05, 0) is 40.1 Å². The van der Waals surface area contributed by atoms with Crippen molar-refractivity contribution in [3.8, 4) is 5.75 Å². The normalized spacial score (nSPS) is 10.9. The summed E-state index contributed by atoms with van der Waals surface area (Å²) in [5.74, 6) is 1.01. The molecule has 0 radical (unpaired) electrons. The average molecular weight is 250 g/mol. The SMILES string of the molecule is CCCNCc1cc(C)ccc1OCCN(C)C. The minimum absolute atomic E-state index is 0.733. The van der Waals surface area contributed by atoms with Crippen molar-refractivity contribution < 1.29 is 4.74 Å². The van der Waals surface area contributed by atoms with Crippen molar-refractivity contribution >= 4 is 0 Å². The van der Waals surface area contributed by atoms with E-state index in [1.54, 1.807) is 0 Å². The lowest BCUT2D eigenvalue weighted by atomic mass is 10.1. The van der Waals surface area contributed by atoms with Crippen LogP contribution in [0.2, 0.25) is 0 Å². The van der Waals surface area contributed by atoms with Gasteiger partial charge < -0.3 is 15.0 Å². The smallest absolute Gasteiger partial charge is 0.123 e. The van der Waals surface area contributed by atoms with E-state index in [4.69, 9.17) is 4.74 Å². The van der Waals surface area contributed by atoms with E-state index in [1.807, 2.05) is 0 Å². The van der Waals surface area contributed by atoms with E-state index >= 15 is 0 Å². The highest BCUT2D eigenvalue weighted by Crippen LogP contribution is 2.19. The number of hydrogen-bond acceptors (Lipinski definition) is 3. The summed E-state index contributed by atoms with van der Waals surface area (Å²) in [7, 11) is 4.12. The summed E-state index contributed by atoms with van der Waals surface area (Å²) in [5, 5.41) is 3.43. The third-order valence-electron chi connectivity index (χ3n) is 2.75. The van der Waals surface area contributed by atoms with Gasteiger partial charge in [-0.25, -0.2) is 0 Å². The van der Waals surface area contributed by atoms with Crippen LogP contribution in [0.15, 0.2) is 18.2 Å². The molecule has 0 atom stereocenters. The maximum atomic E-state index is 5.85. The van der Waals surface area contributed by atoms with Crippen LogP contribution < -0.4 is 10.1 Å². The Labute approximate surface area is 111 Å². The topological polar surface area (TPSA) is 24.5 Å². The molecule has 0 aliphatic rings. The zero-order chi connectivity index (χ0) is 13.4. The van der Waals surface area contributed by atoms with Crippen LogP contribution in [-0.4, -0.2) is 38.7 Å². The van der Waals surface area contributed by atoms with Crippen molar-refractivity contribution in [2.24, 2.45) is 0 Å². The number of ether oxygens (including phenoxy) is 1. The van der Waals surface area contributed by atoms with Gasteiger partial charge in [0.05, 0.1) is 0 Å². The standard InChI is InChI=1S/C15H26N2O/c1-5-8-16-12-14-11-13(2)6-7-15(14)18-10-9-17(3)4/h6-7,11,16H,5,8-10,12H2,1-4H3. The summed E-state index contributed by atoms with van der Waals surface area (Å²) in [6.07, 6.45) is 1.16.